The summed E-state index contributed by atoms with van der Waals surface area (Å²) in [5.41, 5.74) is 2.55. The molecule has 0 aliphatic carbocycles. The summed E-state index contributed by atoms with van der Waals surface area (Å²) in [5, 5.41) is 0. The average molecular weight is 229 g/mol. The van der Waals surface area contributed by atoms with Gasteiger partial charge in [0.05, 0.1) is 0 Å². The quantitative estimate of drug-likeness (QED) is 0.800. The van der Waals surface area contributed by atoms with E-state index in [1.54, 1.807) is 0 Å². The number of ketones is 1. The lowest BCUT2D eigenvalue weighted by Crippen LogP contribution is -1.73. The van der Waals surface area contributed by atoms with Crippen molar-refractivity contribution in [1.82, 2.24) is 6.15 Å². The van der Waals surface area contributed by atoms with Gasteiger partial charge in [0.15, 0.2) is 0 Å². The molecule has 0 fully saturated rings. The number of hydrogen-bond donors (Lipinski definition) is 1. The van der Waals surface area contributed by atoms with Crippen LogP contribution in [0.25, 0.3) is 11.1 Å². The molecule has 3 N–H and O–H groups in total. The number of rotatable bonds is 1. The molecule has 2 nitrogen and oxygen atoms in total. The van der Waals surface area contributed by atoms with Crippen LogP contribution in [-0.4, -0.2) is 5.78 Å². The minimum absolute atomic E-state index is 0. The first-order valence-electron chi connectivity index (χ1n) is 5.28. The van der Waals surface area contributed by atoms with Crippen LogP contribution in [0.4, 0.5) is 0 Å². The zero-order valence-electron chi connectivity index (χ0n) is 10.4. The molecule has 2 aromatic carbocycles. The first kappa shape index (κ1) is 15.1. The van der Waals surface area contributed by atoms with Crippen molar-refractivity contribution in [2.75, 3.05) is 0 Å². The summed E-state index contributed by atoms with van der Waals surface area (Å²) >= 11 is 0. The Labute approximate surface area is 103 Å². The molecular weight excluding hydrogens is 210 g/mol. The normalized spacial score (nSPS) is 8.35. The van der Waals surface area contributed by atoms with Gasteiger partial charge in [0.2, 0.25) is 0 Å². The van der Waals surface area contributed by atoms with E-state index >= 15 is 0 Å². The Balaban J connectivity index is 0.000000453. The van der Waals surface area contributed by atoms with Crippen LogP contribution < -0.4 is 6.15 Å². The Bertz CT molecular complexity index is 382. The van der Waals surface area contributed by atoms with Crippen LogP contribution in [0.3, 0.4) is 0 Å². The van der Waals surface area contributed by atoms with Crippen molar-refractivity contribution in [2.45, 2.75) is 13.8 Å². The van der Waals surface area contributed by atoms with Crippen LogP contribution >= 0.6 is 0 Å². The topological polar surface area (TPSA) is 52.1 Å². The minimum Gasteiger partial charge on any atom is -0.344 e. The van der Waals surface area contributed by atoms with Crippen LogP contribution in [-0.2, 0) is 4.79 Å². The molecule has 2 heteroatoms. The van der Waals surface area contributed by atoms with E-state index in [0.29, 0.717) is 0 Å². The van der Waals surface area contributed by atoms with Gasteiger partial charge in [-0.1, -0.05) is 60.7 Å². The molecule has 0 aliphatic rings. The van der Waals surface area contributed by atoms with Crippen LogP contribution in [0.2, 0.25) is 0 Å². The van der Waals surface area contributed by atoms with Gasteiger partial charge in [0.1, 0.15) is 5.78 Å². The van der Waals surface area contributed by atoms with Crippen molar-refractivity contribution < 1.29 is 4.79 Å². The standard InChI is InChI=1S/C12H10.C3H6O.H3N/c1-3-7-11(8-4-1)12-9-5-2-6-10-12;1-3(2)4;/h1-10H;1-2H3;1H3. The Kier molecular flexibility index (Phi) is 7.31. The highest BCUT2D eigenvalue weighted by atomic mass is 16.1. The second-order valence-electron chi connectivity index (χ2n) is 3.64. The lowest BCUT2D eigenvalue weighted by molar-refractivity contribution is -0.114. The molecule has 0 radical (unpaired) electrons. The smallest absolute Gasteiger partial charge is 0.126 e. The second-order valence-corrected chi connectivity index (χ2v) is 3.64. The Morgan fingerprint density at radius 1 is 0.706 bits per heavy atom. The molecule has 0 unspecified atom stereocenters. The molecule has 17 heavy (non-hydrogen) atoms. The highest BCUT2D eigenvalue weighted by Crippen LogP contribution is 2.17. The van der Waals surface area contributed by atoms with Gasteiger partial charge >= 0.3 is 0 Å². The number of benzene rings is 2. The van der Waals surface area contributed by atoms with Crippen LogP contribution in [0.1, 0.15) is 13.8 Å². The van der Waals surface area contributed by atoms with E-state index in [9.17, 15) is 4.79 Å². The SMILES string of the molecule is CC(C)=O.N.c1ccc(-c2ccccc2)cc1. The maximum atomic E-state index is 9.44. The number of carbonyl (C=O) groups excluding carboxylic acids is 1. The van der Waals surface area contributed by atoms with Crippen LogP contribution in [0, 0.1) is 0 Å². The van der Waals surface area contributed by atoms with Gasteiger partial charge in [0, 0.05) is 0 Å². The van der Waals surface area contributed by atoms with E-state index in [4.69, 9.17) is 0 Å². The van der Waals surface area contributed by atoms with Crippen molar-refractivity contribution in [3.05, 3.63) is 60.7 Å². The van der Waals surface area contributed by atoms with Crippen molar-refractivity contribution in [3.8, 4) is 11.1 Å². The first-order chi connectivity index (χ1) is 7.70. The first-order valence-corrected chi connectivity index (χ1v) is 5.28. The lowest BCUT2D eigenvalue weighted by Gasteiger charge is -1.98. The molecule has 2 rings (SSSR count). The minimum atomic E-state index is 0. The van der Waals surface area contributed by atoms with E-state index < -0.39 is 0 Å². The van der Waals surface area contributed by atoms with Crippen molar-refractivity contribution in [3.63, 3.8) is 0 Å². The fourth-order valence-corrected chi connectivity index (χ4v) is 1.26. The maximum Gasteiger partial charge on any atom is 0.126 e. The van der Waals surface area contributed by atoms with Gasteiger partial charge in [-0.3, -0.25) is 0 Å². The fourth-order valence-electron chi connectivity index (χ4n) is 1.26. The summed E-state index contributed by atoms with van der Waals surface area (Å²) in [6, 6.07) is 20.8. The van der Waals surface area contributed by atoms with Gasteiger partial charge < -0.3 is 10.9 Å². The molecule has 0 aliphatic heterocycles. The molecule has 90 valence electrons. The summed E-state index contributed by atoms with van der Waals surface area (Å²) in [7, 11) is 0. The summed E-state index contributed by atoms with van der Waals surface area (Å²) in [6.45, 7) is 3.06. The van der Waals surface area contributed by atoms with Gasteiger partial charge in [-0.05, 0) is 25.0 Å². The average Bonchev–Trinajstić information content (AvgIpc) is 2.31. The number of carbonyl (C=O) groups is 1. The van der Waals surface area contributed by atoms with Gasteiger partial charge in [-0.25, -0.2) is 0 Å². The monoisotopic (exact) mass is 229 g/mol. The van der Waals surface area contributed by atoms with Gasteiger partial charge in [-0.2, -0.15) is 0 Å². The lowest BCUT2D eigenvalue weighted by atomic mass is 10.1. The molecular formula is C15H19NO. The largest absolute Gasteiger partial charge is 0.344 e. The summed E-state index contributed by atoms with van der Waals surface area (Å²) in [4.78, 5) is 9.44. The molecule has 0 saturated heterocycles. The second kappa shape index (κ2) is 8.25. The predicted molar refractivity (Wildman–Crippen MR) is 73.3 cm³/mol. The van der Waals surface area contributed by atoms with Gasteiger partial charge in [-0.15, -0.1) is 0 Å². The van der Waals surface area contributed by atoms with E-state index in [2.05, 4.69) is 48.5 Å². The number of Topliss-reactive ketones (excluding diaryl/α,β-unsaturated/α-hetero) is 1. The van der Waals surface area contributed by atoms with E-state index in [1.165, 1.54) is 25.0 Å². The van der Waals surface area contributed by atoms with E-state index in [-0.39, 0.29) is 11.9 Å². The molecule has 2 aromatic rings. The molecule has 0 aromatic heterocycles. The fraction of sp³-hybridized carbons (Fsp3) is 0.133. The van der Waals surface area contributed by atoms with E-state index in [0.717, 1.165) is 0 Å². The van der Waals surface area contributed by atoms with E-state index in [1.807, 2.05) is 12.1 Å². The highest BCUT2D eigenvalue weighted by Gasteiger charge is 1.91. The zero-order valence-corrected chi connectivity index (χ0v) is 10.4. The Hall–Kier alpha value is -1.93. The Morgan fingerprint density at radius 3 is 1.18 bits per heavy atom. The third-order valence-electron chi connectivity index (χ3n) is 1.88. The highest BCUT2D eigenvalue weighted by molar-refractivity contribution is 5.72. The number of hydrogen-bond acceptors (Lipinski definition) is 2. The maximum absolute atomic E-state index is 9.44. The molecule has 0 saturated carbocycles. The summed E-state index contributed by atoms with van der Waals surface area (Å²) in [6.07, 6.45) is 0. The molecule has 0 bridgehead atoms. The van der Waals surface area contributed by atoms with Crippen molar-refractivity contribution >= 4 is 5.78 Å². The predicted octanol–water partition coefficient (Wildman–Crippen LogP) is 4.11. The van der Waals surface area contributed by atoms with Crippen LogP contribution in [0.15, 0.2) is 60.7 Å². The molecule has 0 atom stereocenters. The summed E-state index contributed by atoms with van der Waals surface area (Å²) < 4.78 is 0. The Morgan fingerprint density at radius 2 is 0.941 bits per heavy atom. The molecule has 0 spiro atoms. The van der Waals surface area contributed by atoms with Crippen molar-refractivity contribution in [1.29, 1.82) is 0 Å². The van der Waals surface area contributed by atoms with Crippen LogP contribution in [0.5, 0.6) is 0 Å². The van der Waals surface area contributed by atoms with Gasteiger partial charge in [0.25, 0.3) is 0 Å². The molecule has 0 heterocycles. The zero-order chi connectivity index (χ0) is 11.8. The van der Waals surface area contributed by atoms with Crippen molar-refractivity contribution in [2.24, 2.45) is 0 Å². The third-order valence-corrected chi connectivity index (χ3v) is 1.88. The molecule has 0 amide bonds. The summed E-state index contributed by atoms with van der Waals surface area (Å²) in [5.74, 6) is 0.167. The third kappa shape index (κ3) is 6.28.